The Morgan fingerprint density at radius 1 is 1.47 bits per heavy atom. The molecule has 82 valence electrons. The van der Waals surface area contributed by atoms with Gasteiger partial charge in [-0.05, 0) is 61.8 Å². The third-order valence-corrected chi connectivity index (χ3v) is 3.71. The van der Waals surface area contributed by atoms with E-state index >= 15 is 0 Å². The van der Waals surface area contributed by atoms with E-state index in [1.807, 2.05) is 13.0 Å². The van der Waals surface area contributed by atoms with Crippen LogP contribution >= 0.6 is 0 Å². The van der Waals surface area contributed by atoms with Crippen LogP contribution in [0.25, 0.3) is 0 Å². The van der Waals surface area contributed by atoms with Crippen molar-refractivity contribution in [2.24, 2.45) is 11.1 Å². The molecule has 1 aromatic carbocycles. The second-order valence-corrected chi connectivity index (χ2v) is 4.90. The topological polar surface area (TPSA) is 26.0 Å². The molecule has 1 aliphatic rings. The zero-order valence-corrected chi connectivity index (χ0v) is 9.39. The smallest absolute Gasteiger partial charge is 0.123 e. The van der Waals surface area contributed by atoms with Crippen LogP contribution in [0.15, 0.2) is 18.2 Å². The van der Waals surface area contributed by atoms with Crippen LogP contribution in [0.3, 0.4) is 0 Å². The van der Waals surface area contributed by atoms with Gasteiger partial charge in [0.05, 0.1) is 0 Å². The zero-order valence-electron chi connectivity index (χ0n) is 9.39. The summed E-state index contributed by atoms with van der Waals surface area (Å²) >= 11 is 0. The molecule has 0 amide bonds. The van der Waals surface area contributed by atoms with E-state index in [0.29, 0.717) is 5.41 Å². The molecule has 0 aromatic heterocycles. The maximum atomic E-state index is 12.9. The van der Waals surface area contributed by atoms with Crippen LogP contribution in [-0.4, -0.2) is 6.04 Å². The van der Waals surface area contributed by atoms with Gasteiger partial charge in [0.15, 0.2) is 0 Å². The fourth-order valence-electron chi connectivity index (χ4n) is 2.19. The molecule has 0 heterocycles. The molecule has 2 heteroatoms. The lowest BCUT2D eigenvalue weighted by Gasteiger charge is -2.20. The predicted octanol–water partition coefficient (Wildman–Crippen LogP) is 2.80. The molecule has 15 heavy (non-hydrogen) atoms. The summed E-state index contributed by atoms with van der Waals surface area (Å²) in [6, 6.07) is 5.28. The van der Waals surface area contributed by atoms with Crippen LogP contribution in [0.4, 0.5) is 4.39 Å². The van der Waals surface area contributed by atoms with Crippen molar-refractivity contribution in [3.8, 4) is 0 Å². The first-order valence-electron chi connectivity index (χ1n) is 5.54. The molecule has 1 unspecified atom stereocenters. The third kappa shape index (κ3) is 2.05. The highest BCUT2D eigenvalue weighted by Gasteiger charge is 2.45. The highest BCUT2D eigenvalue weighted by atomic mass is 19.1. The second-order valence-electron chi connectivity index (χ2n) is 4.90. The number of hydrogen-bond acceptors (Lipinski definition) is 1. The minimum absolute atomic E-state index is 0.151. The van der Waals surface area contributed by atoms with Crippen molar-refractivity contribution in [3.63, 3.8) is 0 Å². The van der Waals surface area contributed by atoms with E-state index in [1.165, 1.54) is 18.4 Å². The van der Waals surface area contributed by atoms with E-state index in [-0.39, 0.29) is 11.9 Å². The lowest BCUT2D eigenvalue weighted by molar-refractivity contribution is 0.417. The first-order chi connectivity index (χ1) is 7.03. The minimum Gasteiger partial charge on any atom is -0.327 e. The van der Waals surface area contributed by atoms with Gasteiger partial charge in [0.25, 0.3) is 0 Å². The van der Waals surface area contributed by atoms with Gasteiger partial charge < -0.3 is 5.73 Å². The van der Waals surface area contributed by atoms with Gasteiger partial charge in [-0.15, -0.1) is 0 Å². The van der Waals surface area contributed by atoms with Gasteiger partial charge in [0.2, 0.25) is 0 Å². The van der Waals surface area contributed by atoms with Crippen molar-refractivity contribution >= 4 is 0 Å². The van der Waals surface area contributed by atoms with Gasteiger partial charge in [-0.25, -0.2) is 4.39 Å². The van der Waals surface area contributed by atoms with Crippen LogP contribution in [-0.2, 0) is 6.42 Å². The summed E-state index contributed by atoms with van der Waals surface area (Å²) in [5.74, 6) is -0.151. The normalized spacial score (nSPS) is 20.0. The third-order valence-electron chi connectivity index (χ3n) is 3.71. The Kier molecular flexibility index (Phi) is 2.55. The molecule has 2 N–H and O–H groups in total. The largest absolute Gasteiger partial charge is 0.327 e. The van der Waals surface area contributed by atoms with E-state index in [0.717, 1.165) is 12.0 Å². The zero-order chi connectivity index (χ0) is 11.1. The van der Waals surface area contributed by atoms with E-state index in [9.17, 15) is 4.39 Å². The summed E-state index contributed by atoms with van der Waals surface area (Å²) in [7, 11) is 0. The van der Waals surface area contributed by atoms with Crippen LogP contribution in [0.5, 0.6) is 0 Å². The molecule has 1 saturated carbocycles. The van der Waals surface area contributed by atoms with Crippen molar-refractivity contribution in [2.45, 2.75) is 39.2 Å². The summed E-state index contributed by atoms with van der Waals surface area (Å²) in [4.78, 5) is 0. The van der Waals surface area contributed by atoms with E-state index in [1.54, 1.807) is 12.1 Å². The summed E-state index contributed by atoms with van der Waals surface area (Å²) in [6.45, 7) is 4.04. The number of nitrogens with two attached hydrogens (primary N) is 1. The summed E-state index contributed by atoms with van der Waals surface area (Å²) in [5, 5.41) is 0. The van der Waals surface area contributed by atoms with Gasteiger partial charge in [0.1, 0.15) is 5.82 Å². The highest BCUT2D eigenvalue weighted by Crippen LogP contribution is 2.50. The minimum atomic E-state index is -0.151. The lowest BCUT2D eigenvalue weighted by atomic mass is 9.88. The number of hydrogen-bond donors (Lipinski definition) is 1. The summed E-state index contributed by atoms with van der Waals surface area (Å²) in [5.41, 5.74) is 8.57. The maximum absolute atomic E-state index is 12.9. The van der Waals surface area contributed by atoms with Gasteiger partial charge in [0, 0.05) is 6.04 Å². The molecule has 1 aliphatic carbocycles. The van der Waals surface area contributed by atoms with Crippen LogP contribution in [0.1, 0.15) is 30.9 Å². The molecule has 2 rings (SSSR count). The SMILES string of the molecule is Cc1cc(F)ccc1CC1(C(C)N)CC1. The molecule has 1 atom stereocenters. The number of benzene rings is 1. The molecule has 0 spiro atoms. The Bertz CT molecular complexity index is 367. The lowest BCUT2D eigenvalue weighted by Crippen LogP contribution is -2.30. The standard InChI is InChI=1S/C13H18FN/c1-9-7-12(14)4-3-11(9)8-13(5-6-13)10(2)15/h3-4,7,10H,5-6,8,15H2,1-2H3. The number of rotatable bonds is 3. The summed E-state index contributed by atoms with van der Waals surface area (Å²) < 4.78 is 12.9. The molecule has 1 nitrogen and oxygen atoms in total. The molecule has 1 aromatic rings. The number of aryl methyl sites for hydroxylation is 1. The van der Waals surface area contributed by atoms with Crippen LogP contribution in [0, 0.1) is 18.2 Å². The monoisotopic (exact) mass is 207 g/mol. The van der Waals surface area contributed by atoms with Gasteiger partial charge >= 0.3 is 0 Å². The Morgan fingerprint density at radius 2 is 2.13 bits per heavy atom. The second kappa shape index (κ2) is 3.60. The predicted molar refractivity (Wildman–Crippen MR) is 60.2 cm³/mol. The molecule has 0 radical (unpaired) electrons. The Balaban J connectivity index is 2.18. The molecule has 0 saturated heterocycles. The summed E-state index contributed by atoms with van der Waals surface area (Å²) in [6.07, 6.45) is 3.42. The molecule has 1 fully saturated rings. The highest BCUT2D eigenvalue weighted by molar-refractivity contribution is 5.29. The number of halogens is 1. The van der Waals surface area contributed by atoms with Crippen molar-refractivity contribution < 1.29 is 4.39 Å². The first-order valence-corrected chi connectivity index (χ1v) is 5.54. The maximum Gasteiger partial charge on any atom is 0.123 e. The molecular weight excluding hydrogens is 189 g/mol. The van der Waals surface area contributed by atoms with Gasteiger partial charge in [-0.1, -0.05) is 6.07 Å². The quantitative estimate of drug-likeness (QED) is 0.810. The van der Waals surface area contributed by atoms with Crippen molar-refractivity contribution in [3.05, 3.63) is 35.1 Å². The van der Waals surface area contributed by atoms with Gasteiger partial charge in [-0.3, -0.25) is 0 Å². The molecular formula is C13H18FN. The van der Waals surface area contributed by atoms with Crippen molar-refractivity contribution in [2.75, 3.05) is 0 Å². The fourth-order valence-corrected chi connectivity index (χ4v) is 2.19. The van der Waals surface area contributed by atoms with Crippen molar-refractivity contribution in [1.82, 2.24) is 0 Å². The Morgan fingerprint density at radius 3 is 2.60 bits per heavy atom. The average Bonchev–Trinajstić information content (AvgIpc) is 2.91. The molecule has 0 aliphatic heterocycles. The van der Waals surface area contributed by atoms with E-state index in [2.05, 4.69) is 6.92 Å². The van der Waals surface area contributed by atoms with E-state index < -0.39 is 0 Å². The van der Waals surface area contributed by atoms with Crippen molar-refractivity contribution in [1.29, 1.82) is 0 Å². The van der Waals surface area contributed by atoms with Crippen LogP contribution < -0.4 is 5.73 Å². The Hall–Kier alpha value is -0.890. The van der Waals surface area contributed by atoms with Crippen LogP contribution in [0.2, 0.25) is 0 Å². The van der Waals surface area contributed by atoms with E-state index in [4.69, 9.17) is 5.73 Å². The molecule has 0 bridgehead atoms. The fraction of sp³-hybridized carbons (Fsp3) is 0.538. The van der Waals surface area contributed by atoms with Gasteiger partial charge in [-0.2, -0.15) is 0 Å². The average molecular weight is 207 g/mol. The Labute approximate surface area is 90.5 Å². The first kappa shape index (κ1) is 10.6.